The maximum absolute atomic E-state index is 13.7. The smallest absolute Gasteiger partial charge is 0.286 e. The number of thiophene rings is 1. The number of rotatable bonds is 4. The number of nitriles is 1. The Hall–Kier alpha value is -3.83. The van der Waals surface area contributed by atoms with E-state index in [9.17, 15) is 28.0 Å². The Balaban J connectivity index is 1.87. The second-order valence-corrected chi connectivity index (χ2v) is 7.04. The minimum Gasteiger partial charge on any atom is -0.327 e. The van der Waals surface area contributed by atoms with Crippen molar-refractivity contribution in [3.8, 4) is 17.9 Å². The maximum atomic E-state index is 13.7. The van der Waals surface area contributed by atoms with Crippen LogP contribution in [0.2, 0.25) is 0 Å². The number of hydrogen-bond donors (Lipinski definition) is 1. The first-order valence-electron chi connectivity index (χ1n) is 8.30. The zero-order valence-corrected chi connectivity index (χ0v) is 16.1. The molecule has 0 aliphatic carbocycles. The minimum absolute atomic E-state index is 0.105. The van der Waals surface area contributed by atoms with Gasteiger partial charge in [0.25, 0.3) is 17.9 Å². The Morgan fingerprint density at radius 3 is 2.77 bits per heavy atom. The van der Waals surface area contributed by atoms with Crippen molar-refractivity contribution in [2.45, 2.75) is 13.0 Å². The molecule has 0 atom stereocenters. The molecule has 0 bridgehead atoms. The fourth-order valence-corrected chi connectivity index (χ4v) is 3.24. The summed E-state index contributed by atoms with van der Waals surface area (Å²) in [5, 5.41) is 11.6. The minimum atomic E-state index is -2.87. The number of carbonyl (C=O) groups excluding carboxylic acids is 1. The number of amides is 1. The molecule has 152 valence electrons. The van der Waals surface area contributed by atoms with Crippen molar-refractivity contribution < 1.29 is 18.0 Å². The molecule has 3 aromatic heterocycles. The van der Waals surface area contributed by atoms with Gasteiger partial charge >= 0.3 is 0 Å². The summed E-state index contributed by atoms with van der Waals surface area (Å²) in [5.41, 5.74) is -0.466. The molecule has 1 N–H and O–H groups in total. The Morgan fingerprint density at radius 1 is 1.37 bits per heavy atom. The van der Waals surface area contributed by atoms with Crippen molar-refractivity contribution in [3.05, 3.63) is 68.0 Å². The van der Waals surface area contributed by atoms with Crippen LogP contribution in [-0.4, -0.2) is 26.5 Å². The summed E-state index contributed by atoms with van der Waals surface area (Å²) in [6.07, 6.45) is 1.16. The predicted octanol–water partition coefficient (Wildman–Crippen LogP) is 2.57. The fraction of sp³-hybridized carbons (Fsp3) is 0.158. The van der Waals surface area contributed by atoms with Gasteiger partial charge in [-0.15, -0.1) is 11.3 Å². The van der Waals surface area contributed by atoms with E-state index in [4.69, 9.17) is 0 Å². The average Bonchev–Trinajstić information content (AvgIpc) is 3.29. The number of carbonyl (C=O) groups is 1. The number of halogens is 3. The van der Waals surface area contributed by atoms with E-state index >= 15 is 0 Å². The second-order valence-electron chi connectivity index (χ2n) is 5.98. The number of aryl methyl sites for hydroxylation is 1. The lowest BCUT2D eigenvalue weighted by Crippen LogP contribution is -2.26. The Kier molecular flexibility index (Phi) is 6.04. The number of aromatic nitrogens is 3. The molecule has 7 nitrogen and oxygen atoms in total. The van der Waals surface area contributed by atoms with E-state index in [0.29, 0.717) is 15.8 Å². The third-order valence-electron chi connectivity index (χ3n) is 3.83. The molecule has 3 aromatic rings. The summed E-state index contributed by atoms with van der Waals surface area (Å²) >= 11 is 0.870. The van der Waals surface area contributed by atoms with E-state index in [0.717, 1.165) is 23.6 Å². The average molecular weight is 431 g/mol. The highest BCUT2D eigenvalue weighted by Gasteiger charge is 2.16. The van der Waals surface area contributed by atoms with Crippen LogP contribution in [0.5, 0.6) is 0 Å². The van der Waals surface area contributed by atoms with Crippen molar-refractivity contribution in [2.24, 2.45) is 7.05 Å². The number of alkyl halides is 2. The van der Waals surface area contributed by atoms with Crippen LogP contribution in [0.1, 0.15) is 25.8 Å². The molecular weight excluding hydrogens is 419 g/mol. The van der Waals surface area contributed by atoms with Gasteiger partial charge < -0.3 is 14.5 Å². The van der Waals surface area contributed by atoms with Crippen molar-refractivity contribution in [1.82, 2.24) is 14.1 Å². The van der Waals surface area contributed by atoms with Gasteiger partial charge in [-0.1, -0.05) is 5.92 Å². The number of imidazole rings is 1. The van der Waals surface area contributed by atoms with Crippen molar-refractivity contribution in [1.29, 1.82) is 5.26 Å². The van der Waals surface area contributed by atoms with Gasteiger partial charge in [-0.05, 0) is 12.0 Å². The summed E-state index contributed by atoms with van der Waals surface area (Å²) in [4.78, 5) is 28.3. The summed E-state index contributed by atoms with van der Waals surface area (Å²) in [6.45, 7) is -1.01. The van der Waals surface area contributed by atoms with Crippen LogP contribution in [0, 0.1) is 29.0 Å². The zero-order valence-electron chi connectivity index (χ0n) is 15.3. The van der Waals surface area contributed by atoms with Gasteiger partial charge in [-0.25, -0.2) is 18.2 Å². The monoisotopic (exact) mass is 431 g/mol. The first-order chi connectivity index (χ1) is 14.3. The molecule has 0 spiro atoms. The molecule has 3 heterocycles. The summed E-state index contributed by atoms with van der Waals surface area (Å²) in [7, 11) is 1.75. The van der Waals surface area contributed by atoms with E-state index in [1.807, 2.05) is 6.07 Å². The second kappa shape index (κ2) is 8.68. The molecule has 0 aromatic carbocycles. The summed E-state index contributed by atoms with van der Waals surface area (Å²) in [6, 6.07) is 4.09. The van der Waals surface area contributed by atoms with Gasteiger partial charge in [0.05, 0.1) is 35.2 Å². The molecule has 0 radical (unpaired) electrons. The van der Waals surface area contributed by atoms with Crippen LogP contribution in [0.15, 0.2) is 35.6 Å². The van der Waals surface area contributed by atoms with Crippen LogP contribution in [-0.2, 0) is 13.6 Å². The highest BCUT2D eigenvalue weighted by atomic mass is 32.1. The summed E-state index contributed by atoms with van der Waals surface area (Å²) < 4.78 is 41.0. The molecule has 3 rings (SSSR count). The normalized spacial score (nSPS) is 10.4. The lowest BCUT2D eigenvalue weighted by molar-refractivity contribution is 0.103. The molecule has 0 saturated heterocycles. The molecule has 0 aliphatic rings. The molecule has 0 saturated carbocycles. The molecule has 11 heteroatoms. The Morgan fingerprint density at radius 2 is 2.13 bits per heavy atom. The Labute approximate surface area is 172 Å². The van der Waals surface area contributed by atoms with Crippen LogP contribution in [0.25, 0.3) is 0 Å². The number of nitrogens with one attached hydrogen (secondary N) is 1. The van der Waals surface area contributed by atoms with Crippen molar-refractivity contribution in [2.75, 3.05) is 5.32 Å². The summed E-state index contributed by atoms with van der Waals surface area (Å²) in [5.74, 6) is 3.66. The number of pyridine rings is 1. The van der Waals surface area contributed by atoms with Crippen LogP contribution in [0.4, 0.5) is 18.9 Å². The molecule has 0 unspecified atom stereocenters. The number of hydrogen-bond acceptors (Lipinski definition) is 5. The van der Waals surface area contributed by atoms with Gasteiger partial charge in [-0.3, -0.25) is 9.59 Å². The highest BCUT2D eigenvalue weighted by molar-refractivity contribution is 7.14. The number of anilines is 1. The largest absolute Gasteiger partial charge is 0.327 e. The lowest BCUT2D eigenvalue weighted by atomic mass is 10.2. The van der Waals surface area contributed by atoms with Crippen LogP contribution in [0.3, 0.4) is 0 Å². The number of nitrogens with zero attached hydrogens (tertiary/aromatic N) is 4. The van der Waals surface area contributed by atoms with Gasteiger partial charge in [0.2, 0.25) is 0 Å². The first-order valence-corrected chi connectivity index (χ1v) is 9.12. The maximum Gasteiger partial charge on any atom is 0.286 e. The molecular formula is C19H12F3N5O2S. The van der Waals surface area contributed by atoms with Crippen LogP contribution >= 0.6 is 11.3 Å². The van der Waals surface area contributed by atoms with Crippen molar-refractivity contribution >= 4 is 22.9 Å². The van der Waals surface area contributed by atoms with E-state index in [1.54, 1.807) is 24.1 Å². The quantitative estimate of drug-likeness (QED) is 0.643. The topological polar surface area (TPSA) is 92.7 Å². The van der Waals surface area contributed by atoms with Gasteiger partial charge in [-0.2, -0.15) is 5.26 Å². The van der Waals surface area contributed by atoms with Gasteiger partial charge in [0.1, 0.15) is 16.6 Å². The van der Waals surface area contributed by atoms with Gasteiger partial charge in [0.15, 0.2) is 5.82 Å². The highest BCUT2D eigenvalue weighted by Crippen LogP contribution is 2.22. The first kappa shape index (κ1) is 20.9. The standard InChI is InChI=1S/C19H12F3N5O2S/c1-26-10-24-7-13(26)3-2-11-4-15(30-16(11)6-23)18(28)25-12-5-14(20)19(29)27(8-12)9-17(21)22/h4-5,7-8,10,17H,9H2,1H3,(H,25,28). The molecule has 0 fully saturated rings. The van der Waals surface area contributed by atoms with Crippen LogP contribution < -0.4 is 10.9 Å². The van der Waals surface area contributed by atoms with Crippen molar-refractivity contribution in [3.63, 3.8) is 0 Å². The predicted molar refractivity (Wildman–Crippen MR) is 103 cm³/mol. The Bertz CT molecular complexity index is 1270. The third kappa shape index (κ3) is 4.59. The lowest BCUT2D eigenvalue weighted by Gasteiger charge is -2.09. The van der Waals surface area contributed by atoms with E-state index < -0.39 is 30.3 Å². The van der Waals surface area contributed by atoms with E-state index in [1.165, 1.54) is 6.07 Å². The molecule has 0 aliphatic heterocycles. The van der Waals surface area contributed by atoms with E-state index in [2.05, 4.69) is 22.1 Å². The van der Waals surface area contributed by atoms with E-state index in [-0.39, 0.29) is 15.4 Å². The van der Waals surface area contributed by atoms with Gasteiger partial charge in [0, 0.05) is 19.3 Å². The fourth-order valence-electron chi connectivity index (χ4n) is 2.43. The molecule has 1 amide bonds. The zero-order chi connectivity index (χ0) is 21.8. The molecule has 30 heavy (non-hydrogen) atoms. The third-order valence-corrected chi connectivity index (χ3v) is 4.87. The SMILES string of the molecule is Cn1cncc1C#Cc1cc(C(=O)Nc2cc(F)c(=O)n(CC(F)F)c2)sc1C#N.